The van der Waals surface area contributed by atoms with Crippen LogP contribution in [-0.4, -0.2) is 18.4 Å². The molecule has 0 atom stereocenters. The lowest BCUT2D eigenvalue weighted by Crippen LogP contribution is -2.04. The number of benzene rings is 1. The summed E-state index contributed by atoms with van der Waals surface area (Å²) in [6, 6.07) is 8.53. The molecule has 0 saturated heterocycles. The van der Waals surface area contributed by atoms with Crippen LogP contribution in [0.2, 0.25) is 0 Å². The smallest absolute Gasteiger partial charge is 0.208 e. The standard InChI is InChI=1S/C14H11BrN2O2S/c1-9-2-4-10(5-3-9)20(18,19)13-11-6-7-16-14(11)17-8-12(13)15/h2-8H,1H3,(H,16,17). The molecular formula is C14H11BrN2O2S. The number of fused-ring (bicyclic) bond motifs is 1. The van der Waals surface area contributed by atoms with Gasteiger partial charge in [0.25, 0.3) is 0 Å². The molecule has 3 aromatic rings. The van der Waals surface area contributed by atoms with E-state index in [9.17, 15) is 8.42 Å². The molecule has 1 N–H and O–H groups in total. The highest BCUT2D eigenvalue weighted by Gasteiger charge is 2.24. The molecule has 0 aliphatic carbocycles. The van der Waals surface area contributed by atoms with Gasteiger partial charge in [-0.2, -0.15) is 0 Å². The topological polar surface area (TPSA) is 62.8 Å². The third-order valence-electron chi connectivity index (χ3n) is 3.09. The molecule has 3 rings (SSSR count). The minimum atomic E-state index is -3.59. The van der Waals surface area contributed by atoms with Gasteiger partial charge in [0, 0.05) is 17.8 Å². The average molecular weight is 351 g/mol. The van der Waals surface area contributed by atoms with Gasteiger partial charge in [-0.1, -0.05) is 17.7 Å². The van der Waals surface area contributed by atoms with E-state index in [0.717, 1.165) is 5.56 Å². The van der Waals surface area contributed by atoms with Crippen LogP contribution < -0.4 is 0 Å². The van der Waals surface area contributed by atoms with Crippen LogP contribution in [0.5, 0.6) is 0 Å². The Balaban J connectivity index is 2.31. The quantitative estimate of drug-likeness (QED) is 0.769. The molecule has 6 heteroatoms. The van der Waals surface area contributed by atoms with E-state index in [0.29, 0.717) is 15.5 Å². The van der Waals surface area contributed by atoms with Crippen LogP contribution in [0.25, 0.3) is 11.0 Å². The first kappa shape index (κ1) is 13.3. The maximum Gasteiger partial charge on any atom is 0.208 e. The zero-order valence-corrected chi connectivity index (χ0v) is 13.0. The third-order valence-corrected chi connectivity index (χ3v) is 5.83. The molecule has 1 aromatic carbocycles. The highest BCUT2D eigenvalue weighted by atomic mass is 79.9. The van der Waals surface area contributed by atoms with Crippen molar-refractivity contribution in [2.75, 3.05) is 0 Å². The molecule has 4 nitrogen and oxygen atoms in total. The first-order valence-corrected chi connectivity index (χ1v) is 8.21. The molecule has 0 spiro atoms. The summed E-state index contributed by atoms with van der Waals surface area (Å²) in [5.41, 5.74) is 1.57. The highest BCUT2D eigenvalue weighted by molar-refractivity contribution is 9.10. The molecular weight excluding hydrogens is 340 g/mol. The lowest BCUT2D eigenvalue weighted by atomic mass is 10.2. The van der Waals surface area contributed by atoms with Gasteiger partial charge in [0.2, 0.25) is 9.84 Å². The number of H-pyrrole nitrogens is 1. The van der Waals surface area contributed by atoms with Gasteiger partial charge in [-0.3, -0.25) is 0 Å². The van der Waals surface area contributed by atoms with E-state index >= 15 is 0 Å². The van der Waals surface area contributed by atoms with Crippen molar-refractivity contribution in [3.63, 3.8) is 0 Å². The largest absolute Gasteiger partial charge is 0.346 e. The maximum atomic E-state index is 12.8. The predicted octanol–water partition coefficient (Wildman–Crippen LogP) is 3.47. The number of hydrogen-bond donors (Lipinski definition) is 1. The summed E-state index contributed by atoms with van der Waals surface area (Å²) >= 11 is 3.29. The Labute approximate surface area is 124 Å². The van der Waals surface area contributed by atoms with Crippen molar-refractivity contribution >= 4 is 36.8 Å². The van der Waals surface area contributed by atoms with Gasteiger partial charge in [-0.05, 0) is 41.1 Å². The van der Waals surface area contributed by atoms with Crippen LogP contribution in [0.4, 0.5) is 0 Å². The highest BCUT2D eigenvalue weighted by Crippen LogP contribution is 2.33. The molecule has 0 unspecified atom stereocenters. The fourth-order valence-electron chi connectivity index (χ4n) is 2.07. The number of nitrogens with one attached hydrogen (secondary N) is 1. The predicted molar refractivity (Wildman–Crippen MR) is 80.4 cm³/mol. The molecule has 0 radical (unpaired) electrons. The summed E-state index contributed by atoms with van der Waals surface area (Å²) in [7, 11) is -3.59. The number of sulfone groups is 1. The SMILES string of the molecule is Cc1ccc(S(=O)(=O)c2c(Br)cnc3[nH]ccc23)cc1. The van der Waals surface area contributed by atoms with Crippen LogP contribution in [-0.2, 0) is 9.84 Å². The van der Waals surface area contributed by atoms with Crippen molar-refractivity contribution in [3.05, 3.63) is 52.8 Å². The fourth-order valence-corrected chi connectivity index (χ4v) is 4.52. The number of aryl methyl sites for hydroxylation is 1. The Morgan fingerprint density at radius 1 is 1.15 bits per heavy atom. The Morgan fingerprint density at radius 2 is 1.85 bits per heavy atom. The number of aromatic nitrogens is 2. The molecule has 20 heavy (non-hydrogen) atoms. The number of halogens is 1. The van der Waals surface area contributed by atoms with E-state index in [4.69, 9.17) is 0 Å². The second kappa shape index (κ2) is 4.71. The third kappa shape index (κ3) is 2.05. The summed E-state index contributed by atoms with van der Waals surface area (Å²) < 4.78 is 26.1. The summed E-state index contributed by atoms with van der Waals surface area (Å²) in [5.74, 6) is 0. The van der Waals surface area contributed by atoms with Gasteiger partial charge >= 0.3 is 0 Å². The van der Waals surface area contributed by atoms with E-state index in [1.54, 1.807) is 36.5 Å². The van der Waals surface area contributed by atoms with E-state index < -0.39 is 9.84 Å². The Kier molecular flexibility index (Phi) is 3.14. The van der Waals surface area contributed by atoms with Crippen LogP contribution in [0, 0.1) is 6.92 Å². The Morgan fingerprint density at radius 3 is 2.55 bits per heavy atom. The second-order valence-corrected chi connectivity index (χ2v) is 7.23. The molecule has 0 aliphatic rings. The van der Waals surface area contributed by atoms with Gasteiger partial charge in [0.1, 0.15) is 5.65 Å². The van der Waals surface area contributed by atoms with Gasteiger partial charge in [0.05, 0.1) is 14.3 Å². The molecule has 0 saturated carbocycles. The van der Waals surface area contributed by atoms with Crippen molar-refractivity contribution in [1.29, 1.82) is 0 Å². The molecule has 2 heterocycles. The minimum Gasteiger partial charge on any atom is -0.346 e. The number of pyridine rings is 1. The molecule has 0 amide bonds. The summed E-state index contributed by atoms with van der Waals surface area (Å²) in [5, 5.41) is 0.583. The van der Waals surface area contributed by atoms with Crippen molar-refractivity contribution in [3.8, 4) is 0 Å². The number of nitrogens with zero attached hydrogens (tertiary/aromatic N) is 1. The molecule has 0 bridgehead atoms. The van der Waals surface area contributed by atoms with Gasteiger partial charge in [-0.15, -0.1) is 0 Å². The Hall–Kier alpha value is -1.66. The van der Waals surface area contributed by atoms with Crippen LogP contribution >= 0.6 is 15.9 Å². The maximum absolute atomic E-state index is 12.8. The number of rotatable bonds is 2. The first-order valence-electron chi connectivity index (χ1n) is 5.93. The minimum absolute atomic E-state index is 0.243. The van der Waals surface area contributed by atoms with Crippen LogP contribution in [0.15, 0.2) is 57.0 Å². The van der Waals surface area contributed by atoms with E-state index in [2.05, 4.69) is 25.9 Å². The zero-order chi connectivity index (χ0) is 14.3. The van der Waals surface area contributed by atoms with Crippen LogP contribution in [0.3, 0.4) is 0 Å². The molecule has 102 valence electrons. The summed E-state index contributed by atoms with van der Waals surface area (Å²) in [6.45, 7) is 1.92. The van der Waals surface area contributed by atoms with Gasteiger partial charge in [0.15, 0.2) is 0 Å². The average Bonchev–Trinajstić information content (AvgIpc) is 2.86. The van der Waals surface area contributed by atoms with E-state index in [1.807, 2.05) is 6.92 Å². The lowest BCUT2D eigenvalue weighted by Gasteiger charge is -2.08. The lowest BCUT2D eigenvalue weighted by molar-refractivity contribution is 0.596. The fraction of sp³-hybridized carbons (Fsp3) is 0.0714. The molecule has 0 aliphatic heterocycles. The molecule has 0 fully saturated rings. The monoisotopic (exact) mass is 350 g/mol. The van der Waals surface area contributed by atoms with Crippen molar-refractivity contribution in [2.24, 2.45) is 0 Å². The molecule has 2 aromatic heterocycles. The zero-order valence-electron chi connectivity index (χ0n) is 10.6. The second-order valence-electron chi connectivity index (χ2n) is 4.49. The normalized spacial score (nSPS) is 11.9. The van der Waals surface area contributed by atoms with Gasteiger partial charge in [-0.25, -0.2) is 13.4 Å². The summed E-state index contributed by atoms with van der Waals surface area (Å²) in [6.07, 6.45) is 3.18. The first-order chi connectivity index (χ1) is 9.50. The number of hydrogen-bond acceptors (Lipinski definition) is 3. The van der Waals surface area contributed by atoms with Gasteiger partial charge < -0.3 is 4.98 Å². The van der Waals surface area contributed by atoms with E-state index in [-0.39, 0.29) is 9.79 Å². The van der Waals surface area contributed by atoms with Crippen LogP contribution in [0.1, 0.15) is 5.56 Å². The number of aromatic amines is 1. The van der Waals surface area contributed by atoms with Crippen molar-refractivity contribution in [1.82, 2.24) is 9.97 Å². The van der Waals surface area contributed by atoms with Crippen molar-refractivity contribution in [2.45, 2.75) is 16.7 Å². The Bertz CT molecular complexity index is 883. The summed E-state index contributed by atoms with van der Waals surface area (Å²) in [4.78, 5) is 7.60. The van der Waals surface area contributed by atoms with Crippen molar-refractivity contribution < 1.29 is 8.42 Å². The van der Waals surface area contributed by atoms with E-state index in [1.165, 1.54) is 6.20 Å².